The molecule has 2 N–H and O–H groups in total. The molecule has 1 aliphatic rings. The largest absolute Gasteiger partial charge is 0.450 e. The number of nitrogens with zero attached hydrogens (tertiary/aromatic N) is 2. The first-order chi connectivity index (χ1) is 11.6. The molecular formula is C16H24N4O4. The molecule has 2 rings (SSSR count). The molecular weight excluding hydrogens is 312 g/mol. The maximum absolute atomic E-state index is 11.7. The van der Waals surface area contributed by atoms with Crippen LogP contribution in [0.2, 0.25) is 0 Å². The highest BCUT2D eigenvalue weighted by Gasteiger charge is 2.23. The van der Waals surface area contributed by atoms with E-state index >= 15 is 0 Å². The summed E-state index contributed by atoms with van der Waals surface area (Å²) in [5.74, 6) is 0.441. The van der Waals surface area contributed by atoms with E-state index in [0.717, 1.165) is 18.5 Å². The van der Waals surface area contributed by atoms with E-state index in [1.54, 1.807) is 31.0 Å². The third-order valence-corrected chi connectivity index (χ3v) is 3.66. The summed E-state index contributed by atoms with van der Waals surface area (Å²) in [7, 11) is 0. The molecule has 1 saturated heterocycles. The molecule has 0 saturated carbocycles. The standard InChI is InChI=1S/C16H24N4O4/c1-3-23-15(21)19-14-6-5-13(11-17-14)18-12-7-9-20(10-8-12)16(22)24-4-2/h5-6,11-12,18H,3-4,7-10H2,1-2H3,(H,17,19,21). The Balaban J connectivity index is 1.78. The number of likely N-dealkylation sites (tertiary alicyclic amines) is 1. The summed E-state index contributed by atoms with van der Waals surface area (Å²) in [4.78, 5) is 28.9. The van der Waals surface area contributed by atoms with Gasteiger partial charge in [-0.25, -0.2) is 14.6 Å². The summed E-state index contributed by atoms with van der Waals surface area (Å²) in [6.07, 6.45) is 2.60. The third-order valence-electron chi connectivity index (χ3n) is 3.66. The van der Waals surface area contributed by atoms with Crippen LogP contribution in [0.4, 0.5) is 21.1 Å². The van der Waals surface area contributed by atoms with Crippen molar-refractivity contribution < 1.29 is 19.1 Å². The van der Waals surface area contributed by atoms with Crippen LogP contribution in [-0.4, -0.2) is 54.4 Å². The van der Waals surface area contributed by atoms with Crippen molar-refractivity contribution >= 4 is 23.7 Å². The lowest BCUT2D eigenvalue weighted by atomic mass is 10.1. The van der Waals surface area contributed by atoms with Crippen LogP contribution < -0.4 is 10.6 Å². The zero-order valence-corrected chi connectivity index (χ0v) is 14.1. The van der Waals surface area contributed by atoms with Crippen molar-refractivity contribution in [3.8, 4) is 0 Å². The Kier molecular flexibility index (Phi) is 6.65. The maximum Gasteiger partial charge on any atom is 0.412 e. The van der Waals surface area contributed by atoms with Crippen molar-refractivity contribution in [2.75, 3.05) is 36.9 Å². The molecule has 0 radical (unpaired) electrons. The van der Waals surface area contributed by atoms with E-state index in [1.807, 2.05) is 6.07 Å². The van der Waals surface area contributed by atoms with Crippen molar-refractivity contribution in [2.45, 2.75) is 32.7 Å². The van der Waals surface area contributed by atoms with E-state index in [-0.39, 0.29) is 12.1 Å². The Morgan fingerprint density at radius 3 is 2.50 bits per heavy atom. The molecule has 1 aliphatic heterocycles. The number of hydrogen-bond donors (Lipinski definition) is 2. The van der Waals surface area contributed by atoms with Crippen molar-refractivity contribution in [1.82, 2.24) is 9.88 Å². The molecule has 24 heavy (non-hydrogen) atoms. The number of carbonyl (C=O) groups is 2. The van der Waals surface area contributed by atoms with Gasteiger partial charge < -0.3 is 19.7 Å². The molecule has 0 aliphatic carbocycles. The average molecular weight is 336 g/mol. The lowest BCUT2D eigenvalue weighted by molar-refractivity contribution is 0.0983. The molecule has 132 valence electrons. The number of rotatable bonds is 5. The van der Waals surface area contributed by atoms with Crippen LogP contribution in [0.15, 0.2) is 18.3 Å². The first-order valence-corrected chi connectivity index (χ1v) is 8.20. The first-order valence-electron chi connectivity index (χ1n) is 8.20. The molecule has 8 heteroatoms. The van der Waals surface area contributed by atoms with Crippen molar-refractivity contribution in [2.24, 2.45) is 0 Å². The molecule has 0 aromatic carbocycles. The lowest BCUT2D eigenvalue weighted by Crippen LogP contribution is -2.42. The molecule has 0 atom stereocenters. The smallest absolute Gasteiger partial charge is 0.412 e. The van der Waals surface area contributed by atoms with Gasteiger partial charge in [-0.1, -0.05) is 0 Å². The first kappa shape index (κ1) is 17.8. The topological polar surface area (TPSA) is 92.8 Å². The van der Waals surface area contributed by atoms with Gasteiger partial charge in [0, 0.05) is 19.1 Å². The molecule has 2 amide bonds. The van der Waals surface area contributed by atoms with Gasteiger partial charge in [-0.3, -0.25) is 5.32 Å². The van der Waals surface area contributed by atoms with E-state index in [4.69, 9.17) is 9.47 Å². The van der Waals surface area contributed by atoms with Crippen LogP contribution in [0.5, 0.6) is 0 Å². The fourth-order valence-corrected chi connectivity index (χ4v) is 2.48. The van der Waals surface area contributed by atoms with Crippen LogP contribution in [0.1, 0.15) is 26.7 Å². The predicted molar refractivity (Wildman–Crippen MR) is 90.1 cm³/mol. The highest BCUT2D eigenvalue weighted by Crippen LogP contribution is 2.17. The predicted octanol–water partition coefficient (Wildman–Crippen LogP) is 2.68. The van der Waals surface area contributed by atoms with E-state index in [2.05, 4.69) is 15.6 Å². The number of anilines is 2. The monoisotopic (exact) mass is 336 g/mol. The fourth-order valence-electron chi connectivity index (χ4n) is 2.48. The minimum Gasteiger partial charge on any atom is -0.450 e. The van der Waals surface area contributed by atoms with Gasteiger partial charge in [0.2, 0.25) is 0 Å². The Morgan fingerprint density at radius 1 is 1.21 bits per heavy atom. The summed E-state index contributed by atoms with van der Waals surface area (Å²) in [5, 5.41) is 5.94. The number of carbonyl (C=O) groups excluding carboxylic acids is 2. The number of piperidine rings is 1. The molecule has 1 aromatic rings. The fraction of sp³-hybridized carbons (Fsp3) is 0.562. The number of hydrogen-bond acceptors (Lipinski definition) is 6. The van der Waals surface area contributed by atoms with Gasteiger partial charge in [-0.2, -0.15) is 0 Å². The molecule has 0 unspecified atom stereocenters. The van der Waals surface area contributed by atoms with E-state index in [9.17, 15) is 9.59 Å². The summed E-state index contributed by atoms with van der Waals surface area (Å²) < 4.78 is 9.81. The molecule has 2 heterocycles. The molecule has 1 fully saturated rings. The minimum absolute atomic E-state index is 0.244. The van der Waals surface area contributed by atoms with Crippen LogP contribution >= 0.6 is 0 Å². The minimum atomic E-state index is -0.517. The van der Waals surface area contributed by atoms with Gasteiger partial charge in [-0.15, -0.1) is 0 Å². The zero-order valence-electron chi connectivity index (χ0n) is 14.1. The lowest BCUT2D eigenvalue weighted by Gasteiger charge is -2.32. The summed E-state index contributed by atoms with van der Waals surface area (Å²) in [5.41, 5.74) is 0.874. The van der Waals surface area contributed by atoms with Crippen LogP contribution in [0.25, 0.3) is 0 Å². The third kappa shape index (κ3) is 5.29. The van der Waals surface area contributed by atoms with Crippen molar-refractivity contribution in [1.29, 1.82) is 0 Å². The number of pyridine rings is 1. The molecule has 0 bridgehead atoms. The molecule has 1 aromatic heterocycles. The normalized spacial score (nSPS) is 14.8. The highest BCUT2D eigenvalue weighted by atomic mass is 16.6. The Labute approximate surface area is 141 Å². The van der Waals surface area contributed by atoms with Crippen molar-refractivity contribution in [3.63, 3.8) is 0 Å². The van der Waals surface area contributed by atoms with Gasteiger partial charge in [0.1, 0.15) is 5.82 Å². The number of ether oxygens (including phenoxy) is 2. The molecule has 0 spiro atoms. The van der Waals surface area contributed by atoms with Crippen LogP contribution in [0.3, 0.4) is 0 Å². The van der Waals surface area contributed by atoms with Gasteiger partial charge in [0.15, 0.2) is 0 Å². The Bertz CT molecular complexity index is 542. The van der Waals surface area contributed by atoms with Gasteiger partial charge in [0.05, 0.1) is 25.1 Å². The van der Waals surface area contributed by atoms with Crippen LogP contribution in [0, 0.1) is 0 Å². The maximum atomic E-state index is 11.7. The van der Waals surface area contributed by atoms with E-state index in [0.29, 0.717) is 32.1 Å². The number of amides is 2. The highest BCUT2D eigenvalue weighted by molar-refractivity contribution is 5.83. The average Bonchev–Trinajstić information content (AvgIpc) is 2.58. The summed E-state index contributed by atoms with van der Waals surface area (Å²) in [6.45, 7) is 5.61. The number of aromatic nitrogens is 1. The van der Waals surface area contributed by atoms with Gasteiger partial charge >= 0.3 is 12.2 Å². The SMILES string of the molecule is CCOC(=O)Nc1ccc(NC2CCN(C(=O)OCC)CC2)cn1. The van der Waals surface area contributed by atoms with Crippen molar-refractivity contribution in [3.05, 3.63) is 18.3 Å². The number of nitrogens with one attached hydrogen (secondary N) is 2. The Morgan fingerprint density at radius 2 is 1.92 bits per heavy atom. The van der Waals surface area contributed by atoms with Gasteiger partial charge in [0.25, 0.3) is 0 Å². The second kappa shape index (κ2) is 8.95. The summed E-state index contributed by atoms with van der Waals surface area (Å²) >= 11 is 0. The second-order valence-corrected chi connectivity index (χ2v) is 5.38. The summed E-state index contributed by atoms with van der Waals surface area (Å²) in [6, 6.07) is 3.85. The molecule has 8 nitrogen and oxygen atoms in total. The quantitative estimate of drug-likeness (QED) is 0.859. The van der Waals surface area contributed by atoms with Gasteiger partial charge in [-0.05, 0) is 38.8 Å². The Hall–Kier alpha value is -2.51. The van der Waals surface area contributed by atoms with Crippen LogP contribution in [-0.2, 0) is 9.47 Å². The van der Waals surface area contributed by atoms with E-state index < -0.39 is 6.09 Å². The zero-order chi connectivity index (χ0) is 17.4. The van der Waals surface area contributed by atoms with E-state index in [1.165, 1.54) is 0 Å². The second-order valence-electron chi connectivity index (χ2n) is 5.38.